The summed E-state index contributed by atoms with van der Waals surface area (Å²) in [6, 6.07) is 19.0. The molecular weight excluding hydrogens is 485 g/mol. The van der Waals surface area contributed by atoms with E-state index in [4.69, 9.17) is 4.74 Å². The van der Waals surface area contributed by atoms with Gasteiger partial charge in [-0.3, -0.25) is 14.5 Å². The Hall–Kier alpha value is -4.20. The molecule has 1 aliphatic heterocycles. The fourth-order valence-corrected chi connectivity index (χ4v) is 4.29. The van der Waals surface area contributed by atoms with E-state index in [2.05, 4.69) is 24.5 Å². The monoisotopic (exact) mass is 517 g/mol. The maximum atomic E-state index is 13.4. The smallest absolute Gasteiger partial charge is 0.411 e. The van der Waals surface area contributed by atoms with Gasteiger partial charge in [-0.05, 0) is 66.8 Å². The molecule has 0 spiro atoms. The highest BCUT2D eigenvalue weighted by atomic mass is 19.1. The molecule has 0 bridgehead atoms. The van der Waals surface area contributed by atoms with Crippen molar-refractivity contribution >= 4 is 23.6 Å². The fourth-order valence-electron chi connectivity index (χ4n) is 4.29. The Balaban J connectivity index is 1.58. The molecule has 2 atom stereocenters. The Kier molecular flexibility index (Phi) is 8.41. The summed E-state index contributed by atoms with van der Waals surface area (Å²) in [6.07, 6.45) is -0.744. The lowest BCUT2D eigenvalue weighted by molar-refractivity contribution is -0.126. The molecular formula is C30H32FN3O4. The van der Waals surface area contributed by atoms with E-state index < -0.39 is 18.2 Å². The van der Waals surface area contributed by atoms with Crippen molar-refractivity contribution in [3.05, 3.63) is 101 Å². The molecule has 7 nitrogen and oxygen atoms in total. The van der Waals surface area contributed by atoms with Crippen LogP contribution in [0.2, 0.25) is 0 Å². The molecule has 0 radical (unpaired) electrons. The number of carbonyl (C=O) groups is 3. The number of cyclic esters (lactones) is 1. The third-order valence-corrected chi connectivity index (χ3v) is 6.43. The molecule has 3 amide bonds. The molecule has 1 heterocycles. The Morgan fingerprint density at radius 3 is 2.42 bits per heavy atom. The van der Waals surface area contributed by atoms with E-state index in [0.717, 1.165) is 12.0 Å². The predicted molar refractivity (Wildman–Crippen MR) is 143 cm³/mol. The van der Waals surface area contributed by atoms with E-state index in [9.17, 15) is 18.8 Å². The number of carbonyl (C=O) groups excluding carboxylic acids is 3. The lowest BCUT2D eigenvalue weighted by Gasteiger charge is -2.24. The molecule has 0 aliphatic carbocycles. The number of anilines is 1. The molecule has 0 aromatic heterocycles. The minimum Gasteiger partial charge on any atom is -0.438 e. The lowest BCUT2D eigenvalue weighted by Crippen LogP contribution is -2.46. The van der Waals surface area contributed by atoms with Crippen LogP contribution in [0.1, 0.15) is 53.4 Å². The third kappa shape index (κ3) is 6.56. The first-order valence-electron chi connectivity index (χ1n) is 12.7. The number of halogens is 1. The van der Waals surface area contributed by atoms with Crippen molar-refractivity contribution in [3.8, 4) is 0 Å². The average molecular weight is 518 g/mol. The number of benzene rings is 3. The van der Waals surface area contributed by atoms with Gasteiger partial charge in [0.2, 0.25) is 5.91 Å². The van der Waals surface area contributed by atoms with Gasteiger partial charge < -0.3 is 15.4 Å². The molecule has 38 heavy (non-hydrogen) atoms. The summed E-state index contributed by atoms with van der Waals surface area (Å²) in [7, 11) is 0. The van der Waals surface area contributed by atoms with Crippen molar-refractivity contribution in [2.24, 2.45) is 5.92 Å². The normalized spacial score (nSPS) is 16.9. The SMILES string of the molecule is Cc1ccc(C(=O)Nc2cccc([C@@H]3OC(=O)N(Cc4ccc(F)cc4)[C@H]3C(=O)NCCC(C)C)c2)cc1. The van der Waals surface area contributed by atoms with Crippen molar-refractivity contribution < 1.29 is 23.5 Å². The standard InChI is InChI=1S/C30H32FN3O4/c1-19(2)15-16-32-29(36)26-27(38-30(37)34(26)18-21-9-13-24(31)14-10-21)23-5-4-6-25(17-23)33-28(35)22-11-7-20(3)8-12-22/h4-14,17,19,26-27H,15-16,18H2,1-3H3,(H,32,36)(H,33,35)/t26-,27+/m1/s1. The summed E-state index contributed by atoms with van der Waals surface area (Å²) in [5, 5.41) is 5.80. The van der Waals surface area contributed by atoms with Gasteiger partial charge in [0, 0.05) is 17.8 Å². The van der Waals surface area contributed by atoms with Crippen molar-refractivity contribution in [2.45, 2.75) is 45.9 Å². The van der Waals surface area contributed by atoms with Crippen LogP contribution in [0, 0.1) is 18.7 Å². The number of aryl methyl sites for hydroxylation is 1. The molecule has 0 unspecified atom stereocenters. The maximum Gasteiger partial charge on any atom is 0.411 e. The van der Waals surface area contributed by atoms with Crippen LogP contribution in [-0.2, 0) is 16.1 Å². The zero-order chi connectivity index (χ0) is 27.2. The molecule has 3 aromatic rings. The van der Waals surface area contributed by atoms with Crippen LogP contribution in [0.4, 0.5) is 14.9 Å². The Labute approximate surface area is 222 Å². The van der Waals surface area contributed by atoms with Gasteiger partial charge >= 0.3 is 6.09 Å². The van der Waals surface area contributed by atoms with E-state index in [1.165, 1.54) is 17.0 Å². The molecule has 1 saturated heterocycles. The Morgan fingerprint density at radius 2 is 1.74 bits per heavy atom. The number of nitrogens with zero attached hydrogens (tertiary/aromatic N) is 1. The van der Waals surface area contributed by atoms with E-state index in [1.54, 1.807) is 48.5 Å². The van der Waals surface area contributed by atoms with Crippen LogP contribution < -0.4 is 10.6 Å². The second-order valence-corrected chi connectivity index (χ2v) is 9.92. The predicted octanol–water partition coefficient (Wildman–Crippen LogP) is 5.61. The largest absolute Gasteiger partial charge is 0.438 e. The summed E-state index contributed by atoms with van der Waals surface area (Å²) >= 11 is 0. The average Bonchev–Trinajstić information content (AvgIpc) is 3.21. The lowest BCUT2D eigenvalue weighted by atomic mass is 9.99. The van der Waals surface area contributed by atoms with Crippen molar-refractivity contribution in [2.75, 3.05) is 11.9 Å². The van der Waals surface area contributed by atoms with Crippen LogP contribution in [0.15, 0.2) is 72.8 Å². The summed E-state index contributed by atoms with van der Waals surface area (Å²) < 4.78 is 19.1. The molecule has 0 saturated carbocycles. The van der Waals surface area contributed by atoms with Crippen molar-refractivity contribution in [1.29, 1.82) is 0 Å². The summed E-state index contributed by atoms with van der Waals surface area (Å²) in [4.78, 5) is 40.5. The number of hydrogen-bond acceptors (Lipinski definition) is 4. The van der Waals surface area contributed by atoms with Crippen LogP contribution >= 0.6 is 0 Å². The number of hydrogen-bond donors (Lipinski definition) is 2. The van der Waals surface area contributed by atoms with Crippen molar-refractivity contribution in [1.82, 2.24) is 10.2 Å². The third-order valence-electron chi connectivity index (χ3n) is 6.43. The van der Waals surface area contributed by atoms with E-state index in [1.807, 2.05) is 19.1 Å². The van der Waals surface area contributed by atoms with Crippen LogP contribution in [0.25, 0.3) is 0 Å². The molecule has 2 N–H and O–H groups in total. The summed E-state index contributed by atoms with van der Waals surface area (Å²) in [5.74, 6) is -0.594. The first-order chi connectivity index (χ1) is 18.2. The quantitative estimate of drug-likeness (QED) is 0.386. The zero-order valence-corrected chi connectivity index (χ0v) is 21.7. The molecule has 1 fully saturated rings. The van der Waals surface area contributed by atoms with Crippen LogP contribution in [0.3, 0.4) is 0 Å². The highest BCUT2D eigenvalue weighted by Crippen LogP contribution is 2.35. The highest BCUT2D eigenvalue weighted by Gasteiger charge is 2.47. The number of ether oxygens (including phenoxy) is 1. The second-order valence-electron chi connectivity index (χ2n) is 9.92. The van der Waals surface area contributed by atoms with E-state index >= 15 is 0 Å². The fraction of sp³-hybridized carbons (Fsp3) is 0.300. The van der Waals surface area contributed by atoms with Gasteiger partial charge in [0.25, 0.3) is 5.91 Å². The van der Waals surface area contributed by atoms with Crippen molar-refractivity contribution in [3.63, 3.8) is 0 Å². The summed E-state index contributed by atoms with van der Waals surface area (Å²) in [6.45, 7) is 6.62. The maximum absolute atomic E-state index is 13.4. The molecule has 198 valence electrons. The van der Waals surface area contributed by atoms with E-state index in [-0.39, 0.29) is 24.2 Å². The van der Waals surface area contributed by atoms with Gasteiger partial charge in [-0.2, -0.15) is 0 Å². The number of rotatable bonds is 9. The van der Waals surface area contributed by atoms with Gasteiger partial charge in [0.15, 0.2) is 12.1 Å². The molecule has 4 rings (SSSR count). The zero-order valence-electron chi connectivity index (χ0n) is 21.7. The first-order valence-corrected chi connectivity index (χ1v) is 12.7. The Bertz CT molecular complexity index is 1290. The summed E-state index contributed by atoms with van der Waals surface area (Å²) in [5.41, 5.74) is 3.32. The first kappa shape index (κ1) is 26.9. The van der Waals surface area contributed by atoms with Gasteiger partial charge in [0.05, 0.1) is 6.54 Å². The van der Waals surface area contributed by atoms with Gasteiger partial charge in [-0.15, -0.1) is 0 Å². The van der Waals surface area contributed by atoms with Crippen LogP contribution in [-0.4, -0.2) is 35.4 Å². The molecule has 1 aliphatic rings. The van der Waals surface area contributed by atoms with Crippen LogP contribution in [0.5, 0.6) is 0 Å². The highest BCUT2D eigenvalue weighted by molar-refractivity contribution is 6.04. The second kappa shape index (κ2) is 11.9. The van der Waals surface area contributed by atoms with Gasteiger partial charge in [0.1, 0.15) is 5.82 Å². The topological polar surface area (TPSA) is 87.7 Å². The minimum atomic E-state index is -0.942. The van der Waals surface area contributed by atoms with Gasteiger partial charge in [-0.25, -0.2) is 9.18 Å². The number of nitrogens with one attached hydrogen (secondary N) is 2. The van der Waals surface area contributed by atoms with E-state index in [0.29, 0.717) is 34.8 Å². The van der Waals surface area contributed by atoms with Gasteiger partial charge in [-0.1, -0.05) is 55.8 Å². The number of amides is 3. The molecule has 3 aromatic carbocycles. The Morgan fingerprint density at radius 1 is 1.03 bits per heavy atom. The minimum absolute atomic E-state index is 0.0851. The molecule has 8 heteroatoms.